The number of carbonyl (C=O) groups excluding carboxylic acids is 1. The van der Waals surface area contributed by atoms with E-state index in [-0.39, 0.29) is 17.3 Å². The molecule has 3 rings (SSSR count). The SMILES string of the molecule is CCOc1ccc(CN(C)S(=O)(=O)c2ccc3c(c2)CCCN3C(C)=O)cc1OC. The zero-order valence-electron chi connectivity index (χ0n) is 17.8. The molecule has 0 saturated heterocycles. The minimum Gasteiger partial charge on any atom is -0.493 e. The molecule has 0 aliphatic carbocycles. The van der Waals surface area contributed by atoms with Crippen molar-refractivity contribution in [3.63, 3.8) is 0 Å². The maximum Gasteiger partial charge on any atom is 0.243 e. The second-order valence-electron chi connectivity index (χ2n) is 7.24. The van der Waals surface area contributed by atoms with E-state index in [0.717, 1.165) is 29.7 Å². The van der Waals surface area contributed by atoms with Gasteiger partial charge >= 0.3 is 0 Å². The van der Waals surface area contributed by atoms with Crippen LogP contribution in [-0.2, 0) is 27.8 Å². The molecule has 8 heteroatoms. The third kappa shape index (κ3) is 4.44. The first kappa shape index (κ1) is 22.1. The average Bonchev–Trinajstić information content (AvgIpc) is 2.73. The minimum absolute atomic E-state index is 0.0341. The van der Waals surface area contributed by atoms with Crippen molar-refractivity contribution in [2.75, 3.05) is 32.2 Å². The van der Waals surface area contributed by atoms with Crippen LogP contribution >= 0.6 is 0 Å². The Morgan fingerprint density at radius 3 is 2.60 bits per heavy atom. The molecule has 0 fully saturated rings. The zero-order chi connectivity index (χ0) is 21.9. The van der Waals surface area contributed by atoms with Crippen LogP contribution in [0.3, 0.4) is 0 Å². The van der Waals surface area contributed by atoms with Gasteiger partial charge < -0.3 is 14.4 Å². The number of fused-ring (bicyclic) bond motifs is 1. The molecular weight excluding hydrogens is 404 g/mol. The Balaban J connectivity index is 1.84. The standard InChI is InChI=1S/C22H28N2O5S/c1-5-29-21-11-8-17(13-22(21)28-4)15-23(3)30(26,27)19-9-10-20-18(14-19)7-6-12-24(20)16(2)25/h8-11,13-14H,5-7,12,15H2,1-4H3. The summed E-state index contributed by atoms with van der Waals surface area (Å²) in [6.07, 6.45) is 1.57. The number of anilines is 1. The van der Waals surface area contributed by atoms with Crippen molar-refractivity contribution in [2.45, 2.75) is 38.1 Å². The molecule has 0 aromatic heterocycles. The van der Waals surface area contributed by atoms with Gasteiger partial charge in [0.2, 0.25) is 15.9 Å². The summed E-state index contributed by atoms with van der Waals surface area (Å²) < 4.78 is 38.5. The van der Waals surface area contributed by atoms with Gasteiger partial charge in [0, 0.05) is 32.7 Å². The quantitative estimate of drug-likeness (QED) is 0.672. The lowest BCUT2D eigenvalue weighted by molar-refractivity contribution is -0.116. The maximum atomic E-state index is 13.2. The van der Waals surface area contributed by atoms with E-state index in [0.29, 0.717) is 24.7 Å². The number of hydrogen-bond donors (Lipinski definition) is 0. The van der Waals surface area contributed by atoms with E-state index in [9.17, 15) is 13.2 Å². The summed E-state index contributed by atoms with van der Waals surface area (Å²) in [6.45, 7) is 4.79. The van der Waals surface area contributed by atoms with Crippen molar-refractivity contribution in [1.29, 1.82) is 0 Å². The number of methoxy groups -OCH3 is 1. The number of aryl methyl sites for hydroxylation is 1. The summed E-state index contributed by atoms with van der Waals surface area (Å²) in [7, 11) is -0.580. The molecule has 1 amide bonds. The summed E-state index contributed by atoms with van der Waals surface area (Å²) in [5.41, 5.74) is 2.47. The van der Waals surface area contributed by atoms with Crippen molar-refractivity contribution in [3.05, 3.63) is 47.5 Å². The first-order chi connectivity index (χ1) is 14.3. The predicted octanol–water partition coefficient (Wildman–Crippen LogP) is 3.21. The summed E-state index contributed by atoms with van der Waals surface area (Å²) >= 11 is 0. The van der Waals surface area contributed by atoms with Crippen LogP contribution in [0.1, 0.15) is 31.4 Å². The fourth-order valence-corrected chi connectivity index (χ4v) is 4.88. The number of sulfonamides is 1. The van der Waals surface area contributed by atoms with Crippen LogP contribution in [0.25, 0.3) is 0 Å². The lowest BCUT2D eigenvalue weighted by atomic mass is 10.0. The molecule has 1 aliphatic rings. The first-order valence-corrected chi connectivity index (χ1v) is 11.4. The second kappa shape index (κ2) is 9.06. The summed E-state index contributed by atoms with van der Waals surface area (Å²) in [5, 5.41) is 0. The van der Waals surface area contributed by atoms with E-state index in [1.807, 2.05) is 13.0 Å². The number of ether oxygens (including phenoxy) is 2. The highest BCUT2D eigenvalue weighted by Gasteiger charge is 2.26. The molecule has 162 valence electrons. The third-order valence-electron chi connectivity index (χ3n) is 5.19. The van der Waals surface area contributed by atoms with Gasteiger partial charge in [-0.05, 0) is 61.2 Å². The van der Waals surface area contributed by atoms with Gasteiger partial charge in [0.1, 0.15) is 0 Å². The van der Waals surface area contributed by atoms with Crippen LogP contribution < -0.4 is 14.4 Å². The van der Waals surface area contributed by atoms with Gasteiger partial charge in [-0.15, -0.1) is 0 Å². The smallest absolute Gasteiger partial charge is 0.243 e. The Labute approximate surface area is 178 Å². The number of benzene rings is 2. The van der Waals surface area contributed by atoms with Crippen molar-refractivity contribution in [1.82, 2.24) is 4.31 Å². The molecular formula is C22H28N2O5S. The highest BCUT2D eigenvalue weighted by atomic mass is 32.2. The lowest BCUT2D eigenvalue weighted by Gasteiger charge is -2.29. The number of amides is 1. The Morgan fingerprint density at radius 2 is 1.93 bits per heavy atom. The van der Waals surface area contributed by atoms with Crippen LogP contribution in [0, 0.1) is 0 Å². The monoisotopic (exact) mass is 432 g/mol. The molecule has 1 aliphatic heterocycles. The largest absolute Gasteiger partial charge is 0.493 e. The predicted molar refractivity (Wildman–Crippen MR) is 116 cm³/mol. The van der Waals surface area contributed by atoms with Crippen LogP contribution in [-0.4, -0.2) is 45.9 Å². The van der Waals surface area contributed by atoms with Gasteiger partial charge in [0.25, 0.3) is 0 Å². The zero-order valence-corrected chi connectivity index (χ0v) is 18.7. The number of rotatable bonds is 7. The number of nitrogens with zero attached hydrogens (tertiary/aromatic N) is 2. The van der Waals surface area contributed by atoms with Crippen LogP contribution in [0.4, 0.5) is 5.69 Å². The van der Waals surface area contributed by atoms with Gasteiger partial charge in [0.05, 0.1) is 18.6 Å². The Bertz CT molecular complexity index is 1040. The molecule has 0 N–H and O–H groups in total. The molecule has 0 bridgehead atoms. The molecule has 0 radical (unpaired) electrons. The average molecular weight is 433 g/mol. The van der Waals surface area contributed by atoms with E-state index in [4.69, 9.17) is 9.47 Å². The van der Waals surface area contributed by atoms with Crippen molar-refractivity contribution in [2.24, 2.45) is 0 Å². The Hall–Kier alpha value is -2.58. The molecule has 0 saturated carbocycles. The Kier molecular flexibility index (Phi) is 6.67. The van der Waals surface area contributed by atoms with Crippen molar-refractivity contribution >= 4 is 21.6 Å². The molecule has 0 atom stereocenters. The van der Waals surface area contributed by atoms with Gasteiger partial charge in [0.15, 0.2) is 11.5 Å². The van der Waals surface area contributed by atoms with Gasteiger partial charge in [-0.1, -0.05) is 6.07 Å². The molecule has 0 unspecified atom stereocenters. The summed E-state index contributed by atoms with van der Waals surface area (Å²) in [5.74, 6) is 1.16. The van der Waals surface area contributed by atoms with E-state index in [1.54, 1.807) is 49.4 Å². The van der Waals surface area contributed by atoms with Gasteiger partial charge in [-0.3, -0.25) is 4.79 Å². The van der Waals surface area contributed by atoms with Crippen molar-refractivity contribution < 1.29 is 22.7 Å². The van der Waals surface area contributed by atoms with E-state index in [2.05, 4.69) is 0 Å². The van der Waals surface area contributed by atoms with E-state index in [1.165, 1.54) is 11.2 Å². The minimum atomic E-state index is -3.69. The summed E-state index contributed by atoms with van der Waals surface area (Å²) in [6, 6.07) is 10.4. The van der Waals surface area contributed by atoms with E-state index >= 15 is 0 Å². The topological polar surface area (TPSA) is 76.2 Å². The highest BCUT2D eigenvalue weighted by Crippen LogP contribution is 2.32. The fraction of sp³-hybridized carbons (Fsp3) is 0.409. The van der Waals surface area contributed by atoms with Crippen LogP contribution in [0.2, 0.25) is 0 Å². The van der Waals surface area contributed by atoms with Gasteiger partial charge in [-0.2, -0.15) is 4.31 Å². The molecule has 2 aromatic rings. The van der Waals surface area contributed by atoms with Crippen molar-refractivity contribution in [3.8, 4) is 11.5 Å². The molecule has 7 nitrogen and oxygen atoms in total. The molecule has 1 heterocycles. The lowest BCUT2D eigenvalue weighted by Crippen LogP contribution is -2.34. The Morgan fingerprint density at radius 1 is 1.17 bits per heavy atom. The summed E-state index contributed by atoms with van der Waals surface area (Å²) in [4.78, 5) is 13.8. The second-order valence-corrected chi connectivity index (χ2v) is 9.29. The van der Waals surface area contributed by atoms with E-state index < -0.39 is 10.0 Å². The molecule has 30 heavy (non-hydrogen) atoms. The van der Waals surface area contributed by atoms with Gasteiger partial charge in [-0.25, -0.2) is 8.42 Å². The van der Waals surface area contributed by atoms with Crippen LogP contribution in [0.5, 0.6) is 11.5 Å². The third-order valence-corrected chi connectivity index (χ3v) is 6.99. The maximum absolute atomic E-state index is 13.2. The molecule has 0 spiro atoms. The number of carbonyl (C=O) groups is 1. The van der Waals surface area contributed by atoms with Crippen LogP contribution in [0.15, 0.2) is 41.3 Å². The fourth-order valence-electron chi connectivity index (χ4n) is 3.67. The number of hydrogen-bond acceptors (Lipinski definition) is 5. The molecule has 2 aromatic carbocycles. The highest BCUT2D eigenvalue weighted by molar-refractivity contribution is 7.89. The normalized spacial score (nSPS) is 13.8. The first-order valence-electron chi connectivity index (χ1n) is 9.95.